The lowest BCUT2D eigenvalue weighted by atomic mass is 10.4. The molecule has 0 aromatic heterocycles. The Morgan fingerprint density at radius 2 is 2.23 bits per heavy atom. The molecule has 0 saturated carbocycles. The molecular weight excluding hydrogens is 190 g/mol. The number of ether oxygens (including phenoxy) is 1. The molecule has 1 atom stereocenters. The van der Waals surface area contributed by atoms with Crippen molar-refractivity contribution in [1.29, 1.82) is 0 Å². The molecule has 0 heterocycles. The Kier molecular flexibility index (Phi) is 5.71. The normalized spacial score (nSPS) is 13.6. The van der Waals surface area contributed by atoms with Gasteiger partial charge in [0.15, 0.2) is 0 Å². The molecule has 0 aliphatic heterocycles. The summed E-state index contributed by atoms with van der Waals surface area (Å²) in [6.45, 7) is 4.13. The predicted molar refractivity (Wildman–Crippen MR) is 51.7 cm³/mol. The number of hydrogen-bond acceptors (Lipinski definition) is 3. The molecule has 0 aliphatic rings. The van der Waals surface area contributed by atoms with Gasteiger partial charge < -0.3 is 4.74 Å². The van der Waals surface area contributed by atoms with Gasteiger partial charge in [-0.25, -0.2) is 13.1 Å². The lowest BCUT2D eigenvalue weighted by molar-refractivity contribution is 0.163. The zero-order chi connectivity index (χ0) is 10.3. The van der Waals surface area contributed by atoms with Crippen LogP contribution in [0.4, 0.5) is 0 Å². The Bertz CT molecular complexity index is 266. The van der Waals surface area contributed by atoms with Crippen LogP contribution in [-0.2, 0) is 14.8 Å². The molecule has 0 spiro atoms. The molecular formula is C8H15NO3S. The molecule has 5 heteroatoms. The smallest absolute Gasteiger partial charge is 0.214 e. The first kappa shape index (κ1) is 12.4. The highest BCUT2D eigenvalue weighted by Crippen LogP contribution is 1.89. The molecule has 0 saturated heterocycles. The van der Waals surface area contributed by atoms with Gasteiger partial charge in [-0.15, -0.1) is 6.42 Å². The number of nitrogens with one attached hydrogen (secondary N) is 1. The van der Waals surface area contributed by atoms with E-state index in [0.717, 1.165) is 0 Å². The van der Waals surface area contributed by atoms with Crippen LogP contribution >= 0.6 is 0 Å². The topological polar surface area (TPSA) is 55.4 Å². The highest BCUT2D eigenvalue weighted by molar-refractivity contribution is 7.89. The summed E-state index contributed by atoms with van der Waals surface area (Å²) in [6, 6.07) is -0.466. The minimum atomic E-state index is -3.28. The van der Waals surface area contributed by atoms with Crippen LogP contribution in [0.3, 0.4) is 0 Å². The van der Waals surface area contributed by atoms with Crippen molar-refractivity contribution in [3.63, 3.8) is 0 Å². The SMILES string of the molecule is C#CC(C)NS(=O)(=O)CCOCC. The van der Waals surface area contributed by atoms with E-state index in [0.29, 0.717) is 6.61 Å². The number of terminal acetylenes is 1. The third-order valence-corrected chi connectivity index (χ3v) is 2.72. The van der Waals surface area contributed by atoms with E-state index in [1.54, 1.807) is 6.92 Å². The first-order chi connectivity index (χ1) is 6.02. The molecule has 0 bridgehead atoms. The first-order valence-corrected chi connectivity index (χ1v) is 5.71. The van der Waals surface area contributed by atoms with Crippen LogP contribution < -0.4 is 4.72 Å². The molecule has 0 amide bonds. The van der Waals surface area contributed by atoms with Crippen molar-refractivity contribution < 1.29 is 13.2 Å². The fourth-order valence-electron chi connectivity index (χ4n) is 0.675. The van der Waals surface area contributed by atoms with Crippen LogP contribution in [0.25, 0.3) is 0 Å². The molecule has 0 rings (SSSR count). The minimum Gasteiger partial charge on any atom is -0.381 e. The second-order valence-electron chi connectivity index (χ2n) is 2.52. The van der Waals surface area contributed by atoms with Gasteiger partial charge >= 0.3 is 0 Å². The standard InChI is InChI=1S/C8H15NO3S/c1-4-8(3)9-13(10,11)7-6-12-5-2/h1,8-9H,5-7H2,2-3H3. The lowest BCUT2D eigenvalue weighted by Crippen LogP contribution is -2.34. The molecule has 0 aromatic rings. The molecule has 0 aliphatic carbocycles. The van der Waals surface area contributed by atoms with E-state index < -0.39 is 16.1 Å². The van der Waals surface area contributed by atoms with E-state index >= 15 is 0 Å². The van der Waals surface area contributed by atoms with Crippen molar-refractivity contribution in [1.82, 2.24) is 4.72 Å². The van der Waals surface area contributed by atoms with Crippen molar-refractivity contribution in [3.05, 3.63) is 0 Å². The fraction of sp³-hybridized carbons (Fsp3) is 0.750. The quantitative estimate of drug-likeness (QED) is 0.489. The molecule has 0 fully saturated rings. The maximum atomic E-state index is 11.2. The Labute approximate surface area is 79.7 Å². The van der Waals surface area contributed by atoms with E-state index in [-0.39, 0.29) is 12.4 Å². The van der Waals surface area contributed by atoms with Crippen molar-refractivity contribution in [3.8, 4) is 12.3 Å². The number of hydrogen-bond donors (Lipinski definition) is 1. The van der Waals surface area contributed by atoms with Gasteiger partial charge in [0, 0.05) is 6.61 Å². The highest BCUT2D eigenvalue weighted by atomic mass is 32.2. The Morgan fingerprint density at radius 1 is 1.62 bits per heavy atom. The van der Waals surface area contributed by atoms with Crippen LogP contribution in [0.5, 0.6) is 0 Å². The second kappa shape index (κ2) is 5.97. The van der Waals surface area contributed by atoms with Gasteiger partial charge in [-0.05, 0) is 13.8 Å². The molecule has 1 N–H and O–H groups in total. The molecule has 13 heavy (non-hydrogen) atoms. The summed E-state index contributed by atoms with van der Waals surface area (Å²) >= 11 is 0. The monoisotopic (exact) mass is 205 g/mol. The second-order valence-corrected chi connectivity index (χ2v) is 4.40. The van der Waals surface area contributed by atoms with E-state index in [2.05, 4.69) is 10.6 Å². The van der Waals surface area contributed by atoms with E-state index in [9.17, 15) is 8.42 Å². The highest BCUT2D eigenvalue weighted by Gasteiger charge is 2.11. The summed E-state index contributed by atoms with van der Waals surface area (Å²) in [7, 11) is -3.28. The largest absolute Gasteiger partial charge is 0.381 e. The summed E-state index contributed by atoms with van der Waals surface area (Å²) < 4.78 is 29.6. The fourth-order valence-corrected chi connectivity index (χ4v) is 1.74. The number of rotatable bonds is 6. The maximum absolute atomic E-state index is 11.2. The summed E-state index contributed by atoms with van der Waals surface area (Å²) in [5.41, 5.74) is 0. The molecule has 4 nitrogen and oxygen atoms in total. The van der Waals surface area contributed by atoms with Gasteiger partial charge in [0.25, 0.3) is 0 Å². The third-order valence-electron chi connectivity index (χ3n) is 1.31. The van der Waals surface area contributed by atoms with Crippen molar-refractivity contribution in [2.75, 3.05) is 19.0 Å². The average molecular weight is 205 g/mol. The van der Waals surface area contributed by atoms with Crippen LogP contribution in [0.1, 0.15) is 13.8 Å². The predicted octanol–water partition coefficient (Wildman–Crippen LogP) is -0.0360. The maximum Gasteiger partial charge on any atom is 0.214 e. The summed E-state index contributed by atoms with van der Waals surface area (Å²) in [6.07, 6.45) is 5.03. The van der Waals surface area contributed by atoms with Crippen LogP contribution in [0, 0.1) is 12.3 Å². The van der Waals surface area contributed by atoms with Crippen molar-refractivity contribution >= 4 is 10.0 Å². The van der Waals surface area contributed by atoms with Crippen LogP contribution in [-0.4, -0.2) is 33.4 Å². The lowest BCUT2D eigenvalue weighted by Gasteiger charge is -2.08. The van der Waals surface area contributed by atoms with Crippen molar-refractivity contribution in [2.45, 2.75) is 19.9 Å². The van der Waals surface area contributed by atoms with Gasteiger partial charge in [0.05, 0.1) is 18.4 Å². The number of sulfonamides is 1. The zero-order valence-electron chi connectivity index (χ0n) is 7.91. The molecule has 0 aromatic carbocycles. The summed E-state index contributed by atoms with van der Waals surface area (Å²) in [4.78, 5) is 0. The van der Waals surface area contributed by atoms with Crippen molar-refractivity contribution in [2.24, 2.45) is 0 Å². The van der Waals surface area contributed by atoms with E-state index in [4.69, 9.17) is 11.2 Å². The van der Waals surface area contributed by atoms with Gasteiger partial charge in [-0.2, -0.15) is 0 Å². The minimum absolute atomic E-state index is 0.0488. The molecule has 0 radical (unpaired) electrons. The average Bonchev–Trinajstić information content (AvgIpc) is 2.03. The zero-order valence-corrected chi connectivity index (χ0v) is 8.73. The van der Waals surface area contributed by atoms with Crippen LogP contribution in [0.2, 0.25) is 0 Å². The Hall–Kier alpha value is -0.570. The Balaban J connectivity index is 3.89. The van der Waals surface area contributed by atoms with Crippen LogP contribution in [0.15, 0.2) is 0 Å². The summed E-state index contributed by atoms with van der Waals surface area (Å²) in [5.74, 6) is 2.23. The van der Waals surface area contributed by atoms with Gasteiger partial charge in [0.1, 0.15) is 0 Å². The van der Waals surface area contributed by atoms with E-state index in [1.807, 2.05) is 6.92 Å². The van der Waals surface area contributed by atoms with Gasteiger partial charge in [-0.3, -0.25) is 0 Å². The van der Waals surface area contributed by atoms with Gasteiger partial charge in [-0.1, -0.05) is 5.92 Å². The van der Waals surface area contributed by atoms with Gasteiger partial charge in [0.2, 0.25) is 10.0 Å². The van der Waals surface area contributed by atoms with E-state index in [1.165, 1.54) is 0 Å². The molecule has 1 unspecified atom stereocenters. The third kappa shape index (κ3) is 6.58. The Morgan fingerprint density at radius 3 is 2.69 bits per heavy atom. The molecule has 76 valence electrons. The first-order valence-electron chi connectivity index (χ1n) is 4.05. The summed E-state index contributed by atoms with van der Waals surface area (Å²) in [5, 5.41) is 0.